The molecule has 2 heterocycles. The van der Waals surface area contributed by atoms with E-state index in [2.05, 4.69) is 20.3 Å². The van der Waals surface area contributed by atoms with Crippen molar-refractivity contribution in [3.05, 3.63) is 28.8 Å². The molecule has 5 atom stereocenters. The summed E-state index contributed by atoms with van der Waals surface area (Å²) in [6.45, 7) is 2.88. The number of hydrogen-bond donors (Lipinski definition) is 2. The van der Waals surface area contributed by atoms with Crippen LogP contribution >= 0.6 is 11.6 Å². The summed E-state index contributed by atoms with van der Waals surface area (Å²) in [5.74, 6) is -2.34. The molecule has 1 aromatic rings. The Morgan fingerprint density at radius 1 is 1.24 bits per heavy atom. The maximum atomic E-state index is 13.5. The molecule has 9 nitrogen and oxygen atoms in total. The molecule has 0 aromatic heterocycles. The fraction of sp³-hybridized carbons (Fsp3) is 0.667. The monoisotopic (exact) mass is 580 g/mol. The maximum Gasteiger partial charge on any atom is 0.522 e. The fourth-order valence-corrected chi connectivity index (χ4v) is 7.05. The van der Waals surface area contributed by atoms with Crippen LogP contribution in [0.4, 0.5) is 18.0 Å². The maximum absolute atomic E-state index is 13.5. The van der Waals surface area contributed by atoms with Crippen LogP contribution in [0.25, 0.3) is 0 Å². The zero-order chi connectivity index (χ0) is 27.8. The van der Waals surface area contributed by atoms with Gasteiger partial charge in [0.1, 0.15) is 0 Å². The molecule has 4 unspecified atom stereocenters. The van der Waals surface area contributed by atoms with Crippen molar-refractivity contribution in [2.75, 3.05) is 32.4 Å². The zero-order valence-electron chi connectivity index (χ0n) is 21.1. The Morgan fingerprint density at radius 2 is 1.97 bits per heavy atom. The zero-order valence-corrected chi connectivity index (χ0v) is 22.7. The highest BCUT2D eigenvalue weighted by Crippen LogP contribution is 2.39. The van der Waals surface area contributed by atoms with E-state index in [0.717, 1.165) is 17.9 Å². The number of alkyl halides is 3. The van der Waals surface area contributed by atoms with Crippen LogP contribution in [0, 0.1) is 11.8 Å². The van der Waals surface area contributed by atoms with Crippen LogP contribution < -0.4 is 10.6 Å². The smallest absolute Gasteiger partial charge is 0.334 e. The molecule has 38 heavy (non-hydrogen) atoms. The summed E-state index contributed by atoms with van der Waals surface area (Å²) in [6.07, 6.45) is -5.32. The van der Waals surface area contributed by atoms with Gasteiger partial charge < -0.3 is 15.5 Å². The van der Waals surface area contributed by atoms with Crippen LogP contribution in [0.3, 0.4) is 0 Å². The van der Waals surface area contributed by atoms with Crippen LogP contribution in [0.2, 0.25) is 5.02 Å². The lowest BCUT2D eigenvalue weighted by Crippen LogP contribution is -2.63. The predicted molar refractivity (Wildman–Crippen MR) is 133 cm³/mol. The Labute approximate surface area is 224 Å². The van der Waals surface area contributed by atoms with E-state index in [4.69, 9.17) is 11.6 Å². The minimum absolute atomic E-state index is 0.0559. The van der Waals surface area contributed by atoms with Gasteiger partial charge >= 0.3 is 12.4 Å². The Hall–Kier alpha value is -1.93. The number of hydrogen-bond acceptors (Lipinski definition) is 7. The van der Waals surface area contributed by atoms with E-state index in [9.17, 15) is 31.2 Å². The second-order valence-corrected chi connectivity index (χ2v) is 12.8. The van der Waals surface area contributed by atoms with Crippen molar-refractivity contribution < 1.29 is 35.9 Å². The first-order valence-corrected chi connectivity index (χ1v) is 14.6. The molecule has 2 saturated heterocycles. The minimum Gasteiger partial charge on any atom is -0.334 e. The number of carbonyl (C=O) groups is 2. The van der Waals surface area contributed by atoms with Crippen molar-refractivity contribution in [1.82, 2.24) is 20.4 Å². The van der Waals surface area contributed by atoms with E-state index < -0.39 is 52.1 Å². The summed E-state index contributed by atoms with van der Waals surface area (Å²) in [5, 5.41) is 6.18. The Morgan fingerprint density at radius 3 is 2.61 bits per heavy atom. The van der Waals surface area contributed by atoms with E-state index in [1.54, 1.807) is 0 Å². The molecule has 1 saturated carbocycles. The van der Waals surface area contributed by atoms with Crippen LogP contribution in [0.15, 0.2) is 23.1 Å². The molecule has 14 heteroatoms. The lowest BCUT2D eigenvalue weighted by atomic mass is 9.74. The van der Waals surface area contributed by atoms with E-state index >= 15 is 0 Å². The number of carbonyl (C=O) groups excluding carboxylic acids is 2. The first kappa shape index (κ1) is 29.1. The predicted octanol–water partition coefficient (Wildman–Crippen LogP) is 2.78. The number of sulfone groups is 1. The number of likely N-dealkylation sites (N-methyl/N-ethyl adjacent to an activating group) is 1. The van der Waals surface area contributed by atoms with Crippen molar-refractivity contribution in [3.63, 3.8) is 0 Å². The van der Waals surface area contributed by atoms with Gasteiger partial charge in [0.2, 0.25) is 5.91 Å². The van der Waals surface area contributed by atoms with Crippen molar-refractivity contribution in [3.8, 4) is 0 Å². The van der Waals surface area contributed by atoms with Crippen molar-refractivity contribution >= 4 is 33.4 Å². The molecule has 3 aliphatic rings. The molecule has 2 N–H and O–H groups in total. The summed E-state index contributed by atoms with van der Waals surface area (Å²) in [6, 6.07) is 2.98. The number of amides is 3. The molecule has 4 rings (SSSR count). The van der Waals surface area contributed by atoms with Gasteiger partial charge in [0, 0.05) is 36.1 Å². The third-order valence-electron chi connectivity index (χ3n) is 7.72. The van der Waals surface area contributed by atoms with Crippen LogP contribution in [0.5, 0.6) is 0 Å². The number of rotatable bonds is 8. The Balaban J connectivity index is 1.55. The third-order valence-corrected chi connectivity index (χ3v) is 9.78. The lowest BCUT2D eigenvalue weighted by Gasteiger charge is -2.46. The van der Waals surface area contributed by atoms with Gasteiger partial charge in [0.25, 0.3) is 0 Å². The highest BCUT2D eigenvalue weighted by atomic mass is 35.5. The third kappa shape index (κ3) is 6.44. The van der Waals surface area contributed by atoms with Gasteiger partial charge in [-0.25, -0.2) is 13.2 Å². The molecule has 3 fully saturated rings. The van der Waals surface area contributed by atoms with Gasteiger partial charge in [-0.15, -0.1) is 13.2 Å². The highest BCUT2D eigenvalue weighted by Gasteiger charge is 2.50. The van der Waals surface area contributed by atoms with Crippen LogP contribution in [0.1, 0.15) is 31.7 Å². The van der Waals surface area contributed by atoms with E-state index in [-0.39, 0.29) is 46.7 Å². The summed E-state index contributed by atoms with van der Waals surface area (Å²) < 4.78 is 69.7. The Kier molecular flexibility index (Phi) is 8.63. The van der Waals surface area contributed by atoms with Crippen LogP contribution in [-0.4, -0.2) is 87.1 Å². The number of halogens is 4. The summed E-state index contributed by atoms with van der Waals surface area (Å²) in [7, 11) is -1.85. The van der Waals surface area contributed by atoms with E-state index in [1.807, 2.05) is 7.05 Å². The lowest BCUT2D eigenvalue weighted by molar-refractivity contribution is -0.353. The molecule has 1 aliphatic carbocycles. The standard InChI is InChI=1S/C24H32ClF3N4O5S/c1-3-38(35,36)21-5-4-16(25)8-15(21)12-32-22(33)18-10-20(37-24(26,27)28)14(9-19(18)30-23(32)34)11-31-7-6-17(13-31)29-2/h4-5,8,14,17-20,29H,3,6-7,9-13H2,1-2H3,(H,30,34)/t14?,17-,18?,19?,20?/m1/s1. The number of imide groups is 1. The molecule has 0 spiro atoms. The number of likely N-dealkylation sites (tertiary alicyclic amines) is 1. The van der Waals surface area contributed by atoms with Gasteiger partial charge in [0.05, 0.1) is 29.2 Å². The molecule has 0 bridgehead atoms. The minimum atomic E-state index is -4.88. The molecule has 0 radical (unpaired) electrons. The first-order valence-electron chi connectivity index (χ1n) is 12.6. The van der Waals surface area contributed by atoms with Crippen LogP contribution in [-0.2, 0) is 25.9 Å². The van der Waals surface area contributed by atoms with E-state index in [0.29, 0.717) is 13.1 Å². The average Bonchev–Trinajstić information content (AvgIpc) is 3.29. The molecule has 1 aromatic carbocycles. The number of nitrogens with one attached hydrogen (secondary N) is 2. The second-order valence-electron chi connectivity index (χ2n) is 10.1. The molecule has 2 aliphatic heterocycles. The molecular formula is C24H32ClF3N4O5S. The number of urea groups is 1. The second kappa shape index (κ2) is 11.3. The summed E-state index contributed by atoms with van der Waals surface area (Å²) >= 11 is 6.07. The van der Waals surface area contributed by atoms with Gasteiger partial charge in [-0.05, 0) is 56.6 Å². The topological polar surface area (TPSA) is 108 Å². The van der Waals surface area contributed by atoms with Gasteiger partial charge in [-0.2, -0.15) is 0 Å². The van der Waals surface area contributed by atoms with Crippen molar-refractivity contribution in [2.45, 2.75) is 62.2 Å². The SMILES string of the molecule is CCS(=O)(=O)c1ccc(Cl)cc1CN1C(=O)NC2CC(CN3CC[C@@H](NC)C3)C(OC(F)(F)F)CC2C1=O. The number of ether oxygens (including phenoxy) is 1. The van der Waals surface area contributed by atoms with Gasteiger partial charge in [-0.3, -0.25) is 14.4 Å². The molecular weight excluding hydrogens is 549 g/mol. The van der Waals surface area contributed by atoms with Gasteiger partial charge in [-0.1, -0.05) is 18.5 Å². The largest absolute Gasteiger partial charge is 0.522 e. The fourth-order valence-electron chi connectivity index (χ4n) is 5.74. The summed E-state index contributed by atoms with van der Waals surface area (Å²) in [4.78, 5) is 29.3. The number of fused-ring (bicyclic) bond motifs is 1. The number of benzene rings is 1. The molecule has 3 amide bonds. The van der Waals surface area contributed by atoms with Crippen molar-refractivity contribution in [1.29, 1.82) is 0 Å². The van der Waals surface area contributed by atoms with Gasteiger partial charge in [0.15, 0.2) is 9.84 Å². The molecule has 212 valence electrons. The van der Waals surface area contributed by atoms with E-state index in [1.165, 1.54) is 25.1 Å². The Bertz CT molecular complexity index is 1170. The summed E-state index contributed by atoms with van der Waals surface area (Å²) in [5.41, 5.74) is 0.159. The highest BCUT2D eigenvalue weighted by molar-refractivity contribution is 7.91. The number of nitrogens with zero attached hydrogens (tertiary/aromatic N) is 2. The van der Waals surface area contributed by atoms with Crippen molar-refractivity contribution in [2.24, 2.45) is 11.8 Å². The normalized spacial score (nSPS) is 28.9. The first-order chi connectivity index (χ1) is 17.8. The average molecular weight is 581 g/mol. The quantitative estimate of drug-likeness (QED) is 0.487.